The number of thiazole rings is 1. The van der Waals surface area contributed by atoms with Crippen LogP contribution in [0.2, 0.25) is 0 Å². The monoisotopic (exact) mass is 702 g/mol. The summed E-state index contributed by atoms with van der Waals surface area (Å²) in [7, 11) is 0. The minimum absolute atomic E-state index is 0.563. The lowest BCUT2D eigenvalue weighted by molar-refractivity contribution is -0.667. The number of benzene rings is 3. The summed E-state index contributed by atoms with van der Waals surface area (Å²) in [4.78, 5) is 7.40. The highest BCUT2D eigenvalue weighted by atomic mass is 32.2. The highest BCUT2D eigenvalue weighted by molar-refractivity contribution is 8.03. The van der Waals surface area contributed by atoms with Crippen LogP contribution in [-0.2, 0) is 11.3 Å². The van der Waals surface area contributed by atoms with Crippen LogP contribution >= 0.6 is 34.9 Å². The Morgan fingerprint density at radius 1 is 0.878 bits per heavy atom. The molecule has 4 aromatic rings. The van der Waals surface area contributed by atoms with Gasteiger partial charge >= 0.3 is 0 Å². The number of anilines is 2. The molecule has 0 amide bonds. The van der Waals surface area contributed by atoms with E-state index in [1.807, 2.05) is 47.0 Å². The van der Waals surface area contributed by atoms with Crippen molar-refractivity contribution in [3.63, 3.8) is 0 Å². The Bertz CT molecular complexity index is 2000. The molecule has 0 radical (unpaired) electrons. The molecule has 7 heteroatoms. The van der Waals surface area contributed by atoms with Gasteiger partial charge in [-0.15, -0.1) is 13.2 Å². The van der Waals surface area contributed by atoms with Gasteiger partial charge in [-0.05, 0) is 86.2 Å². The molecule has 4 nitrogen and oxygen atoms in total. The zero-order valence-electron chi connectivity index (χ0n) is 28.4. The first-order valence-electron chi connectivity index (χ1n) is 17.3. The van der Waals surface area contributed by atoms with E-state index in [0.717, 1.165) is 57.5 Å². The fourth-order valence-electron chi connectivity index (χ4n) is 6.92. The topological polar surface area (TPSA) is 19.6 Å². The smallest absolute Gasteiger partial charge is 0.262 e. The van der Waals surface area contributed by atoms with E-state index < -0.39 is 5.06 Å². The van der Waals surface area contributed by atoms with Gasteiger partial charge in [0.1, 0.15) is 10.5 Å². The molecule has 250 valence electrons. The molecule has 0 spiro atoms. The molecule has 3 aliphatic rings. The Balaban J connectivity index is 1.30. The molecule has 0 bridgehead atoms. The average molecular weight is 703 g/mol. The number of allylic oxidation sites excluding steroid dienone is 6. The van der Waals surface area contributed by atoms with E-state index in [1.165, 1.54) is 52.6 Å². The van der Waals surface area contributed by atoms with Crippen LogP contribution in [0.15, 0.2) is 148 Å². The van der Waals surface area contributed by atoms with E-state index in [0.29, 0.717) is 0 Å². The van der Waals surface area contributed by atoms with Crippen molar-refractivity contribution >= 4 is 62.5 Å². The maximum atomic E-state index is 7.33. The van der Waals surface area contributed by atoms with Crippen LogP contribution in [-0.4, -0.2) is 18.1 Å². The van der Waals surface area contributed by atoms with Gasteiger partial charge in [0.2, 0.25) is 10.6 Å². The Morgan fingerprint density at radius 2 is 1.63 bits per heavy atom. The number of hydrogen-bond acceptors (Lipinski definition) is 6. The SMILES string of the molecule is C=CCCN1/C(=C/C=C2\CCCC(/C=C/c3sc4ccccc4[n+]3CCC=C)=C2OC2(C)Sc3ccccc3N2CC)Sc2ccccc21. The van der Waals surface area contributed by atoms with Crippen LogP contribution < -0.4 is 14.4 Å². The third-order valence-electron chi connectivity index (χ3n) is 9.27. The quantitative estimate of drug-likeness (QED) is 0.108. The van der Waals surface area contributed by atoms with E-state index >= 15 is 0 Å². The number of para-hydroxylation sites is 3. The van der Waals surface area contributed by atoms with Gasteiger partial charge in [0, 0.05) is 48.4 Å². The second-order valence-corrected chi connectivity index (χ2v) is 16.0. The number of thioether (sulfide) groups is 2. The molecule has 0 saturated heterocycles. The molecule has 0 N–H and O–H groups in total. The first-order valence-corrected chi connectivity index (χ1v) is 19.7. The summed E-state index contributed by atoms with van der Waals surface area (Å²) in [6, 6.07) is 26.1. The Labute approximate surface area is 303 Å². The molecule has 3 aromatic carbocycles. The molecule has 0 saturated carbocycles. The van der Waals surface area contributed by atoms with Crippen LogP contribution in [0.4, 0.5) is 11.4 Å². The standard InChI is InChI=1S/C42H44N3OS3/c1-5-8-29-43-33-19-10-13-22-36(33)47-39(43)27-25-31-17-16-18-32(26-28-40-44(30-9-6-2)34-20-11-14-23-37(34)48-40)41(31)46-42(4)45(7-3)35-21-12-15-24-38(35)49-42/h5-6,10-15,19-28H,1-2,7-9,16-18,29-30H2,3-4H3/q+1. The predicted molar refractivity (Wildman–Crippen MR) is 212 cm³/mol. The molecule has 1 aliphatic carbocycles. The van der Waals surface area contributed by atoms with Gasteiger partial charge in [0.15, 0.2) is 6.54 Å². The number of rotatable bonds is 12. The Kier molecular flexibility index (Phi) is 10.2. The fraction of sp³-hybridized carbons (Fsp3) is 0.262. The Hall–Kier alpha value is -3.91. The fourth-order valence-corrected chi connectivity index (χ4v) is 10.4. The minimum atomic E-state index is -0.563. The molecule has 49 heavy (non-hydrogen) atoms. The van der Waals surface area contributed by atoms with Crippen molar-refractivity contribution in [1.82, 2.24) is 0 Å². The molecular formula is C42H44N3OS3+. The number of hydrogen-bond donors (Lipinski definition) is 0. The van der Waals surface area contributed by atoms with Crippen LogP contribution in [0.1, 0.15) is 51.0 Å². The van der Waals surface area contributed by atoms with Crippen LogP contribution in [0.5, 0.6) is 0 Å². The summed E-state index contributed by atoms with van der Waals surface area (Å²) in [5.41, 5.74) is 6.30. The van der Waals surface area contributed by atoms with Gasteiger partial charge in [0.05, 0.1) is 16.4 Å². The molecule has 3 heterocycles. The summed E-state index contributed by atoms with van der Waals surface area (Å²) < 4.78 is 11.1. The molecule has 1 aromatic heterocycles. The molecular weight excluding hydrogens is 659 g/mol. The molecule has 1 unspecified atom stereocenters. The van der Waals surface area contributed by atoms with Crippen molar-refractivity contribution in [3.05, 3.63) is 143 Å². The first-order chi connectivity index (χ1) is 24.0. The largest absolute Gasteiger partial charge is 0.458 e. The van der Waals surface area contributed by atoms with E-state index in [4.69, 9.17) is 4.74 Å². The minimum Gasteiger partial charge on any atom is -0.458 e. The second-order valence-electron chi connectivity index (χ2n) is 12.5. The third-order valence-corrected chi connectivity index (χ3v) is 12.8. The van der Waals surface area contributed by atoms with Crippen molar-refractivity contribution in [2.75, 3.05) is 22.9 Å². The summed E-state index contributed by atoms with van der Waals surface area (Å²) in [5, 5.41) is 1.93. The lowest BCUT2D eigenvalue weighted by Crippen LogP contribution is -2.43. The summed E-state index contributed by atoms with van der Waals surface area (Å²) in [5.74, 6) is 1.01. The van der Waals surface area contributed by atoms with Crippen LogP contribution in [0.3, 0.4) is 0 Å². The predicted octanol–water partition coefficient (Wildman–Crippen LogP) is 11.5. The highest BCUT2D eigenvalue weighted by Crippen LogP contribution is 2.53. The number of nitrogens with zero attached hydrogens (tertiary/aromatic N) is 3. The van der Waals surface area contributed by atoms with E-state index in [1.54, 1.807) is 0 Å². The number of fused-ring (bicyclic) bond motifs is 3. The zero-order chi connectivity index (χ0) is 33.8. The highest BCUT2D eigenvalue weighted by Gasteiger charge is 2.43. The van der Waals surface area contributed by atoms with E-state index in [-0.39, 0.29) is 0 Å². The average Bonchev–Trinajstić information content (AvgIpc) is 3.76. The van der Waals surface area contributed by atoms with E-state index in [2.05, 4.69) is 138 Å². The maximum absolute atomic E-state index is 7.33. The van der Waals surface area contributed by atoms with Gasteiger partial charge < -0.3 is 14.5 Å². The number of ether oxygens (including phenoxy) is 1. The van der Waals surface area contributed by atoms with Gasteiger partial charge in [-0.3, -0.25) is 0 Å². The lowest BCUT2D eigenvalue weighted by atomic mass is 9.92. The zero-order valence-corrected chi connectivity index (χ0v) is 30.9. The maximum Gasteiger partial charge on any atom is 0.262 e. The van der Waals surface area contributed by atoms with Crippen LogP contribution in [0, 0.1) is 0 Å². The van der Waals surface area contributed by atoms with E-state index in [9.17, 15) is 0 Å². The molecule has 0 fully saturated rings. The van der Waals surface area contributed by atoms with Gasteiger partial charge in [-0.1, -0.05) is 89.5 Å². The van der Waals surface area contributed by atoms with Crippen LogP contribution in [0.25, 0.3) is 16.3 Å². The number of aryl methyl sites for hydroxylation is 1. The van der Waals surface area contributed by atoms with Gasteiger partial charge in [-0.2, -0.15) is 4.57 Å². The van der Waals surface area contributed by atoms with Crippen molar-refractivity contribution in [3.8, 4) is 0 Å². The second kappa shape index (κ2) is 14.9. The lowest BCUT2D eigenvalue weighted by Gasteiger charge is -2.38. The molecule has 2 aliphatic heterocycles. The molecule has 1 atom stereocenters. The third kappa shape index (κ3) is 6.81. The normalized spacial score (nSPS) is 20.5. The summed E-state index contributed by atoms with van der Waals surface area (Å²) in [6.45, 7) is 15.1. The number of aromatic nitrogens is 1. The van der Waals surface area contributed by atoms with Gasteiger partial charge in [0.25, 0.3) is 5.01 Å². The Morgan fingerprint density at radius 3 is 2.45 bits per heavy atom. The van der Waals surface area contributed by atoms with Gasteiger partial charge in [-0.25, -0.2) is 0 Å². The van der Waals surface area contributed by atoms with Crippen molar-refractivity contribution in [2.24, 2.45) is 0 Å². The molecule has 7 rings (SSSR count). The van der Waals surface area contributed by atoms with Crippen molar-refractivity contribution in [1.29, 1.82) is 0 Å². The first kappa shape index (κ1) is 33.6. The van der Waals surface area contributed by atoms with Crippen molar-refractivity contribution in [2.45, 2.75) is 67.3 Å². The summed E-state index contributed by atoms with van der Waals surface area (Å²) >= 11 is 5.51. The summed E-state index contributed by atoms with van der Waals surface area (Å²) in [6.07, 6.45) is 18.2. The van der Waals surface area contributed by atoms with Crippen molar-refractivity contribution < 1.29 is 9.30 Å².